The molecule has 0 amide bonds. The van der Waals surface area contributed by atoms with Crippen molar-refractivity contribution in [3.8, 4) is 0 Å². The van der Waals surface area contributed by atoms with E-state index >= 15 is 0 Å². The van der Waals surface area contributed by atoms with E-state index in [4.69, 9.17) is 11.6 Å². The Hall–Kier alpha value is -1.04. The first-order chi connectivity index (χ1) is 10.4. The zero-order valence-corrected chi connectivity index (χ0v) is 13.1. The Kier molecular flexibility index (Phi) is 5.89. The van der Waals surface area contributed by atoms with Crippen molar-refractivity contribution in [3.05, 3.63) is 47.0 Å². The molecule has 1 fully saturated rings. The van der Waals surface area contributed by atoms with Crippen LogP contribution in [0.2, 0.25) is 5.02 Å². The molecule has 0 unspecified atom stereocenters. The third-order valence-electron chi connectivity index (χ3n) is 3.92. The van der Waals surface area contributed by atoms with Crippen LogP contribution in [-0.4, -0.2) is 31.1 Å². The van der Waals surface area contributed by atoms with Crippen LogP contribution in [0.1, 0.15) is 30.0 Å². The van der Waals surface area contributed by atoms with Crippen LogP contribution in [0.3, 0.4) is 0 Å². The number of halogens is 4. The maximum absolute atomic E-state index is 13.4. The lowest BCUT2D eigenvalue weighted by Gasteiger charge is -2.36. The summed E-state index contributed by atoms with van der Waals surface area (Å²) in [6, 6.07) is 3.81. The Balaban J connectivity index is 2.39. The molecule has 0 radical (unpaired) electrons. The fraction of sp³-hybridized carbons (Fsp3) is 0.500. The van der Waals surface area contributed by atoms with Crippen molar-refractivity contribution < 1.29 is 13.2 Å². The average molecular weight is 333 g/mol. The molecule has 22 heavy (non-hydrogen) atoms. The highest BCUT2D eigenvalue weighted by molar-refractivity contribution is 6.30. The van der Waals surface area contributed by atoms with E-state index in [0.29, 0.717) is 18.4 Å². The molecule has 1 aromatic rings. The minimum Gasteiger partial charge on any atom is -0.314 e. The average Bonchev–Trinajstić information content (AvgIpc) is 2.49. The van der Waals surface area contributed by atoms with Crippen molar-refractivity contribution in [2.75, 3.05) is 26.2 Å². The van der Waals surface area contributed by atoms with Crippen molar-refractivity contribution in [2.45, 2.75) is 25.1 Å². The van der Waals surface area contributed by atoms with Gasteiger partial charge in [0.05, 0.1) is 5.56 Å². The lowest BCUT2D eigenvalue weighted by molar-refractivity contribution is -0.138. The monoisotopic (exact) mass is 332 g/mol. The summed E-state index contributed by atoms with van der Waals surface area (Å²) in [5.74, 6) is 0. The number of rotatable bonds is 5. The number of nitrogens with zero attached hydrogens (tertiary/aromatic N) is 1. The molecule has 2 rings (SSSR count). The highest BCUT2D eigenvalue weighted by Crippen LogP contribution is 2.39. The number of hydrogen-bond donors (Lipinski definition) is 1. The number of hydrogen-bond acceptors (Lipinski definition) is 2. The second-order valence-corrected chi connectivity index (χ2v) is 5.83. The fourth-order valence-corrected chi connectivity index (χ4v) is 3.04. The predicted octanol–water partition coefficient (Wildman–Crippen LogP) is 4.27. The molecule has 6 heteroatoms. The number of allylic oxidation sites excluding steroid dienone is 1. The van der Waals surface area contributed by atoms with E-state index in [-0.39, 0.29) is 11.1 Å². The Morgan fingerprint density at radius 1 is 1.32 bits per heavy atom. The molecule has 1 aliphatic heterocycles. The van der Waals surface area contributed by atoms with Gasteiger partial charge in [0, 0.05) is 37.2 Å². The van der Waals surface area contributed by atoms with Gasteiger partial charge in [-0.25, -0.2) is 0 Å². The summed E-state index contributed by atoms with van der Waals surface area (Å²) in [5.41, 5.74) is -0.326. The Labute approximate surface area is 133 Å². The molecular formula is C16H20ClF3N2. The zero-order valence-electron chi connectivity index (χ0n) is 12.3. The van der Waals surface area contributed by atoms with Gasteiger partial charge in [-0.2, -0.15) is 13.2 Å². The van der Waals surface area contributed by atoms with Crippen molar-refractivity contribution in [3.63, 3.8) is 0 Å². The maximum Gasteiger partial charge on any atom is 0.416 e. The first-order valence-electron chi connectivity index (χ1n) is 7.36. The van der Waals surface area contributed by atoms with Crippen LogP contribution in [0.4, 0.5) is 13.2 Å². The molecule has 1 aromatic carbocycles. The number of benzene rings is 1. The lowest BCUT2D eigenvalue weighted by atomic mass is 9.94. The predicted molar refractivity (Wildman–Crippen MR) is 83.1 cm³/mol. The van der Waals surface area contributed by atoms with Crippen LogP contribution in [0.15, 0.2) is 30.9 Å². The molecule has 0 spiro atoms. The molecule has 0 bridgehead atoms. The maximum atomic E-state index is 13.4. The molecule has 1 saturated heterocycles. The second kappa shape index (κ2) is 7.49. The van der Waals surface area contributed by atoms with Gasteiger partial charge in [0.15, 0.2) is 0 Å². The molecule has 0 aliphatic carbocycles. The molecule has 1 N–H and O–H groups in total. The van der Waals surface area contributed by atoms with Crippen LogP contribution < -0.4 is 5.32 Å². The van der Waals surface area contributed by atoms with Gasteiger partial charge in [-0.15, -0.1) is 6.58 Å². The molecule has 0 saturated carbocycles. The van der Waals surface area contributed by atoms with E-state index in [2.05, 4.69) is 16.8 Å². The summed E-state index contributed by atoms with van der Waals surface area (Å²) in [6.45, 7) is 6.74. The normalized spacial score (nSPS) is 18.2. The van der Waals surface area contributed by atoms with E-state index in [1.54, 1.807) is 6.08 Å². The van der Waals surface area contributed by atoms with Gasteiger partial charge in [0.1, 0.15) is 0 Å². The van der Waals surface area contributed by atoms with Gasteiger partial charge >= 0.3 is 6.18 Å². The zero-order chi connectivity index (χ0) is 16.2. The molecule has 0 aromatic heterocycles. The minimum absolute atomic E-state index is 0.110. The summed E-state index contributed by atoms with van der Waals surface area (Å²) in [4.78, 5) is 2.11. The van der Waals surface area contributed by atoms with Crippen LogP contribution in [0.25, 0.3) is 0 Å². The Morgan fingerprint density at radius 3 is 2.59 bits per heavy atom. The summed E-state index contributed by atoms with van der Waals surface area (Å²) in [7, 11) is 0. The summed E-state index contributed by atoms with van der Waals surface area (Å²) >= 11 is 5.78. The minimum atomic E-state index is -4.40. The summed E-state index contributed by atoms with van der Waals surface area (Å²) in [6.07, 6.45) is -1.36. The number of nitrogens with one attached hydrogen (secondary N) is 1. The van der Waals surface area contributed by atoms with Crippen LogP contribution in [0, 0.1) is 0 Å². The van der Waals surface area contributed by atoms with Gasteiger partial charge in [0.2, 0.25) is 0 Å². The van der Waals surface area contributed by atoms with Crippen LogP contribution in [-0.2, 0) is 6.18 Å². The van der Waals surface area contributed by atoms with Gasteiger partial charge in [0.25, 0.3) is 0 Å². The number of alkyl halides is 3. The van der Waals surface area contributed by atoms with E-state index in [0.717, 1.165) is 32.2 Å². The highest BCUT2D eigenvalue weighted by atomic mass is 35.5. The van der Waals surface area contributed by atoms with Gasteiger partial charge in [-0.3, -0.25) is 4.90 Å². The third kappa shape index (κ3) is 4.24. The second-order valence-electron chi connectivity index (χ2n) is 5.40. The fourth-order valence-electron chi connectivity index (χ4n) is 2.87. The Bertz CT molecular complexity index is 511. The smallest absolute Gasteiger partial charge is 0.314 e. The molecule has 122 valence electrons. The van der Waals surface area contributed by atoms with Crippen molar-refractivity contribution in [1.29, 1.82) is 0 Å². The quantitative estimate of drug-likeness (QED) is 0.810. The largest absolute Gasteiger partial charge is 0.416 e. The van der Waals surface area contributed by atoms with Crippen LogP contribution >= 0.6 is 11.6 Å². The van der Waals surface area contributed by atoms with Crippen molar-refractivity contribution in [2.24, 2.45) is 0 Å². The summed E-state index contributed by atoms with van der Waals surface area (Å²) in [5, 5.41) is 3.34. The standard InChI is InChI=1S/C16H20ClF3N2/c1-2-3-4-15(22-9-7-21-8-10-22)13-6-5-12(17)11-14(13)16(18,19)20/h2,5-6,11,15,21H,1,3-4,7-10H2/t15-/m1/s1. The van der Waals surface area contributed by atoms with E-state index in [1.807, 2.05) is 0 Å². The van der Waals surface area contributed by atoms with Crippen molar-refractivity contribution >= 4 is 11.6 Å². The first-order valence-corrected chi connectivity index (χ1v) is 7.73. The van der Waals surface area contributed by atoms with Gasteiger partial charge < -0.3 is 5.32 Å². The van der Waals surface area contributed by atoms with Gasteiger partial charge in [-0.1, -0.05) is 23.7 Å². The van der Waals surface area contributed by atoms with Gasteiger partial charge in [-0.05, 0) is 30.5 Å². The third-order valence-corrected chi connectivity index (χ3v) is 4.15. The first kappa shape index (κ1) is 17.3. The SMILES string of the molecule is C=CCC[C@H](c1ccc(Cl)cc1C(F)(F)F)N1CCNCC1. The van der Waals surface area contributed by atoms with Crippen molar-refractivity contribution in [1.82, 2.24) is 10.2 Å². The topological polar surface area (TPSA) is 15.3 Å². The van der Waals surface area contributed by atoms with E-state index in [1.165, 1.54) is 12.1 Å². The van der Waals surface area contributed by atoms with Crippen LogP contribution in [0.5, 0.6) is 0 Å². The summed E-state index contributed by atoms with van der Waals surface area (Å²) < 4.78 is 40.1. The molecule has 2 nitrogen and oxygen atoms in total. The number of piperazine rings is 1. The molecule has 1 aliphatic rings. The molecule has 1 atom stereocenters. The van der Waals surface area contributed by atoms with E-state index in [9.17, 15) is 13.2 Å². The lowest BCUT2D eigenvalue weighted by Crippen LogP contribution is -2.45. The van der Waals surface area contributed by atoms with E-state index < -0.39 is 11.7 Å². The molecule has 1 heterocycles. The highest BCUT2D eigenvalue weighted by Gasteiger charge is 2.36. The Morgan fingerprint density at radius 2 is 2.00 bits per heavy atom. The molecular weight excluding hydrogens is 313 g/mol.